The normalized spacial score (nSPS) is 11.2. The van der Waals surface area contributed by atoms with Crippen molar-refractivity contribution in [2.45, 2.75) is 32.8 Å². The fourth-order valence-electron chi connectivity index (χ4n) is 1.61. The molecule has 0 saturated heterocycles. The van der Waals surface area contributed by atoms with Crippen molar-refractivity contribution in [2.24, 2.45) is 0 Å². The van der Waals surface area contributed by atoms with Crippen LogP contribution in [0.2, 0.25) is 0 Å². The summed E-state index contributed by atoms with van der Waals surface area (Å²) in [6.07, 6.45) is 0.362. The first-order valence-corrected chi connectivity index (χ1v) is 8.31. The van der Waals surface area contributed by atoms with E-state index in [0.717, 1.165) is 0 Å². The maximum absolute atomic E-state index is 11.8. The van der Waals surface area contributed by atoms with Gasteiger partial charge in [-0.1, -0.05) is 0 Å². The first kappa shape index (κ1) is 17.3. The van der Waals surface area contributed by atoms with Crippen molar-refractivity contribution >= 4 is 21.7 Å². The van der Waals surface area contributed by atoms with Crippen molar-refractivity contribution in [3.63, 3.8) is 0 Å². The summed E-state index contributed by atoms with van der Waals surface area (Å²) in [5.41, 5.74) is 0.462. The predicted octanol–water partition coefficient (Wildman–Crippen LogP) is 2.17. The number of anilines is 1. The molecule has 0 aliphatic rings. The molecule has 0 atom stereocenters. The van der Waals surface area contributed by atoms with Crippen molar-refractivity contribution in [1.29, 1.82) is 0 Å². The third-order valence-corrected chi connectivity index (χ3v) is 3.89. The molecule has 0 unspecified atom stereocenters. The lowest BCUT2D eigenvalue weighted by Gasteiger charge is -2.11. The first-order valence-electron chi connectivity index (χ1n) is 6.66. The van der Waals surface area contributed by atoms with Crippen molar-refractivity contribution in [2.75, 3.05) is 17.6 Å². The van der Waals surface area contributed by atoms with Gasteiger partial charge in [0.2, 0.25) is 10.0 Å². The van der Waals surface area contributed by atoms with Crippen LogP contribution in [0, 0.1) is 0 Å². The van der Waals surface area contributed by atoms with E-state index in [2.05, 4.69) is 9.46 Å². The molecule has 118 valence electrons. The minimum atomic E-state index is -3.47. The zero-order chi connectivity index (χ0) is 15.9. The molecule has 0 fully saturated rings. The highest BCUT2D eigenvalue weighted by atomic mass is 32.2. The van der Waals surface area contributed by atoms with Gasteiger partial charge in [0.05, 0.1) is 19.0 Å². The molecule has 21 heavy (non-hydrogen) atoms. The van der Waals surface area contributed by atoms with Crippen molar-refractivity contribution in [1.82, 2.24) is 0 Å². The Labute approximate surface area is 125 Å². The summed E-state index contributed by atoms with van der Waals surface area (Å²) in [5.74, 6) is 0.130. The SMILES string of the molecule is COC(=O)CCCS(=O)(=O)Nc1ccc(OC(C)C)cc1. The lowest BCUT2D eigenvalue weighted by Crippen LogP contribution is -2.17. The van der Waals surface area contributed by atoms with Gasteiger partial charge in [-0.25, -0.2) is 8.42 Å². The molecular weight excluding hydrogens is 294 g/mol. The van der Waals surface area contributed by atoms with E-state index < -0.39 is 16.0 Å². The van der Waals surface area contributed by atoms with Crippen LogP contribution in [-0.4, -0.2) is 33.4 Å². The van der Waals surface area contributed by atoms with Crippen LogP contribution in [0.1, 0.15) is 26.7 Å². The molecular formula is C14H21NO5S. The number of carbonyl (C=O) groups excluding carboxylic acids is 1. The lowest BCUT2D eigenvalue weighted by molar-refractivity contribution is -0.140. The number of benzene rings is 1. The molecule has 0 aliphatic carbocycles. The maximum Gasteiger partial charge on any atom is 0.305 e. The van der Waals surface area contributed by atoms with Gasteiger partial charge in [-0.05, 0) is 44.5 Å². The number of sulfonamides is 1. The Hall–Kier alpha value is -1.76. The molecule has 0 spiro atoms. The molecule has 7 heteroatoms. The predicted molar refractivity (Wildman–Crippen MR) is 80.9 cm³/mol. The number of methoxy groups -OCH3 is 1. The summed E-state index contributed by atoms with van der Waals surface area (Å²) in [7, 11) is -2.20. The van der Waals surface area contributed by atoms with Crippen molar-refractivity contribution in [3.8, 4) is 5.75 Å². The van der Waals surface area contributed by atoms with E-state index in [1.54, 1.807) is 24.3 Å². The van der Waals surface area contributed by atoms with Gasteiger partial charge in [0.15, 0.2) is 0 Å². The summed E-state index contributed by atoms with van der Waals surface area (Å²) >= 11 is 0. The minimum absolute atomic E-state index is 0.0610. The average molecular weight is 315 g/mol. The number of hydrogen-bond acceptors (Lipinski definition) is 5. The van der Waals surface area contributed by atoms with Crippen LogP contribution in [0.25, 0.3) is 0 Å². The van der Waals surface area contributed by atoms with Crippen LogP contribution in [0.5, 0.6) is 5.75 Å². The van der Waals surface area contributed by atoms with Crippen LogP contribution in [0.15, 0.2) is 24.3 Å². The monoisotopic (exact) mass is 315 g/mol. The summed E-state index contributed by atoms with van der Waals surface area (Å²) in [5, 5.41) is 0. The highest BCUT2D eigenvalue weighted by Crippen LogP contribution is 2.18. The summed E-state index contributed by atoms with van der Waals surface area (Å²) < 4.78 is 36.1. The van der Waals surface area contributed by atoms with Crippen LogP contribution >= 0.6 is 0 Å². The summed E-state index contributed by atoms with van der Waals surface area (Å²) in [6.45, 7) is 3.83. The molecule has 0 saturated carbocycles. The van der Waals surface area contributed by atoms with E-state index in [4.69, 9.17) is 4.74 Å². The highest BCUT2D eigenvalue weighted by molar-refractivity contribution is 7.92. The van der Waals surface area contributed by atoms with Gasteiger partial charge in [0, 0.05) is 12.1 Å². The molecule has 0 aromatic heterocycles. The van der Waals surface area contributed by atoms with Crippen LogP contribution in [-0.2, 0) is 19.6 Å². The van der Waals surface area contributed by atoms with Gasteiger partial charge >= 0.3 is 5.97 Å². The molecule has 6 nitrogen and oxygen atoms in total. The summed E-state index contributed by atoms with van der Waals surface area (Å²) in [6, 6.07) is 6.67. The van der Waals surface area contributed by atoms with E-state index in [-0.39, 0.29) is 24.7 Å². The Kier molecular flexibility index (Phi) is 6.48. The third-order valence-electron chi connectivity index (χ3n) is 2.52. The third kappa shape index (κ3) is 6.99. The smallest absolute Gasteiger partial charge is 0.305 e. The fraction of sp³-hybridized carbons (Fsp3) is 0.500. The number of rotatable bonds is 8. The molecule has 0 radical (unpaired) electrons. The molecule has 1 aromatic carbocycles. The number of esters is 1. The van der Waals surface area contributed by atoms with E-state index in [9.17, 15) is 13.2 Å². The van der Waals surface area contributed by atoms with Crippen LogP contribution < -0.4 is 9.46 Å². The Balaban J connectivity index is 2.53. The first-order chi connectivity index (χ1) is 9.82. The van der Waals surface area contributed by atoms with Gasteiger partial charge in [0.1, 0.15) is 5.75 Å². The van der Waals surface area contributed by atoms with E-state index in [0.29, 0.717) is 11.4 Å². The number of carbonyl (C=O) groups is 1. The number of ether oxygens (including phenoxy) is 2. The summed E-state index contributed by atoms with van der Waals surface area (Å²) in [4.78, 5) is 10.9. The van der Waals surface area contributed by atoms with E-state index in [1.165, 1.54) is 7.11 Å². The van der Waals surface area contributed by atoms with Crippen LogP contribution in [0.4, 0.5) is 5.69 Å². The minimum Gasteiger partial charge on any atom is -0.491 e. The zero-order valence-electron chi connectivity index (χ0n) is 12.5. The molecule has 0 aliphatic heterocycles. The van der Waals surface area contributed by atoms with Gasteiger partial charge in [-0.3, -0.25) is 9.52 Å². The molecule has 1 rings (SSSR count). The Morgan fingerprint density at radius 3 is 2.38 bits per heavy atom. The fourth-order valence-corrected chi connectivity index (χ4v) is 2.73. The van der Waals surface area contributed by atoms with Gasteiger partial charge in [-0.15, -0.1) is 0 Å². The standard InChI is InChI=1S/C14H21NO5S/c1-11(2)20-13-8-6-12(7-9-13)15-21(17,18)10-4-5-14(16)19-3/h6-9,11,15H,4-5,10H2,1-3H3. The Bertz CT molecular complexity index is 551. The lowest BCUT2D eigenvalue weighted by atomic mass is 10.3. The van der Waals surface area contributed by atoms with Gasteiger partial charge in [-0.2, -0.15) is 0 Å². The number of nitrogens with one attached hydrogen (secondary N) is 1. The Morgan fingerprint density at radius 2 is 1.86 bits per heavy atom. The van der Waals surface area contributed by atoms with Crippen molar-refractivity contribution < 1.29 is 22.7 Å². The average Bonchev–Trinajstić information content (AvgIpc) is 2.39. The largest absolute Gasteiger partial charge is 0.491 e. The molecule has 0 bridgehead atoms. The maximum atomic E-state index is 11.8. The van der Waals surface area contributed by atoms with E-state index >= 15 is 0 Å². The second-order valence-corrected chi connectivity index (χ2v) is 6.63. The van der Waals surface area contributed by atoms with Gasteiger partial charge in [0.25, 0.3) is 0 Å². The van der Waals surface area contributed by atoms with E-state index in [1.807, 2.05) is 13.8 Å². The van der Waals surface area contributed by atoms with Crippen LogP contribution in [0.3, 0.4) is 0 Å². The number of hydrogen-bond donors (Lipinski definition) is 1. The molecule has 0 heterocycles. The Morgan fingerprint density at radius 1 is 1.24 bits per heavy atom. The van der Waals surface area contributed by atoms with Crippen molar-refractivity contribution in [3.05, 3.63) is 24.3 Å². The van der Waals surface area contributed by atoms with Gasteiger partial charge < -0.3 is 9.47 Å². The zero-order valence-corrected chi connectivity index (χ0v) is 13.3. The quantitative estimate of drug-likeness (QED) is 0.744. The highest BCUT2D eigenvalue weighted by Gasteiger charge is 2.12. The second-order valence-electron chi connectivity index (χ2n) is 4.79. The molecule has 0 amide bonds. The molecule has 1 aromatic rings. The molecule has 1 N–H and O–H groups in total. The second kappa shape index (κ2) is 7.87. The topological polar surface area (TPSA) is 81.7 Å².